The van der Waals surface area contributed by atoms with E-state index in [1.165, 1.54) is 0 Å². The van der Waals surface area contributed by atoms with Gasteiger partial charge in [0, 0.05) is 42.0 Å². The maximum Gasteiger partial charge on any atom is 0.253 e. The molecule has 0 aliphatic carbocycles. The van der Waals surface area contributed by atoms with Crippen molar-refractivity contribution in [3.8, 4) is 5.69 Å². The van der Waals surface area contributed by atoms with Crippen LogP contribution >= 0.6 is 0 Å². The molecule has 0 aliphatic rings. The molecule has 5 nitrogen and oxygen atoms in total. The molecule has 0 saturated heterocycles. The molecular weight excluding hydrogens is 374 g/mol. The minimum Gasteiger partial charge on any atom is -0.337 e. The lowest BCUT2D eigenvalue weighted by Gasteiger charge is -2.16. The van der Waals surface area contributed by atoms with Gasteiger partial charge >= 0.3 is 0 Å². The molecule has 4 rings (SSSR count). The molecule has 1 aromatic heterocycles. The number of para-hydroxylation sites is 1. The SMILES string of the molecule is CN(Cc1cnn(-c2ccccc2)c1)C(=O)c1ccc(C(=O)c2ccccc2)cc1. The first kappa shape index (κ1) is 19.3. The van der Waals surface area contributed by atoms with Crippen molar-refractivity contribution in [3.63, 3.8) is 0 Å². The number of benzene rings is 3. The fourth-order valence-electron chi connectivity index (χ4n) is 3.25. The van der Waals surface area contributed by atoms with Gasteiger partial charge in [-0.2, -0.15) is 5.10 Å². The number of rotatable bonds is 6. The number of amides is 1. The summed E-state index contributed by atoms with van der Waals surface area (Å²) in [6.07, 6.45) is 3.68. The molecule has 1 amide bonds. The van der Waals surface area contributed by atoms with Crippen LogP contribution in [0, 0.1) is 0 Å². The third kappa shape index (κ3) is 4.20. The number of carbonyl (C=O) groups excluding carboxylic acids is 2. The summed E-state index contributed by atoms with van der Waals surface area (Å²) >= 11 is 0. The number of hydrogen-bond acceptors (Lipinski definition) is 3. The summed E-state index contributed by atoms with van der Waals surface area (Å²) in [5.41, 5.74) is 3.63. The highest BCUT2D eigenvalue weighted by Gasteiger charge is 2.15. The molecule has 0 N–H and O–H groups in total. The summed E-state index contributed by atoms with van der Waals surface area (Å²) in [5, 5.41) is 4.37. The molecule has 0 saturated carbocycles. The molecule has 0 atom stereocenters. The largest absolute Gasteiger partial charge is 0.337 e. The normalized spacial score (nSPS) is 10.6. The highest BCUT2D eigenvalue weighted by molar-refractivity contribution is 6.09. The van der Waals surface area contributed by atoms with Gasteiger partial charge in [0.25, 0.3) is 5.91 Å². The van der Waals surface area contributed by atoms with E-state index in [0.717, 1.165) is 11.3 Å². The zero-order valence-corrected chi connectivity index (χ0v) is 16.6. The maximum absolute atomic E-state index is 12.8. The van der Waals surface area contributed by atoms with Crippen LogP contribution in [-0.4, -0.2) is 33.4 Å². The lowest BCUT2D eigenvalue weighted by atomic mass is 10.0. The number of carbonyl (C=O) groups is 2. The highest BCUT2D eigenvalue weighted by atomic mass is 16.2. The van der Waals surface area contributed by atoms with E-state index >= 15 is 0 Å². The van der Waals surface area contributed by atoms with Gasteiger partial charge in [-0.3, -0.25) is 9.59 Å². The molecule has 0 unspecified atom stereocenters. The Hall–Kier alpha value is -3.99. The van der Waals surface area contributed by atoms with Gasteiger partial charge in [-0.1, -0.05) is 60.7 Å². The molecule has 0 aliphatic heterocycles. The van der Waals surface area contributed by atoms with Crippen molar-refractivity contribution in [2.45, 2.75) is 6.54 Å². The minimum atomic E-state index is -0.110. The second-order valence-electron chi connectivity index (χ2n) is 7.06. The van der Waals surface area contributed by atoms with Crippen molar-refractivity contribution < 1.29 is 9.59 Å². The summed E-state index contributed by atoms with van der Waals surface area (Å²) in [6, 6.07) is 25.7. The number of nitrogens with zero attached hydrogens (tertiary/aromatic N) is 3. The predicted molar refractivity (Wildman–Crippen MR) is 116 cm³/mol. The van der Waals surface area contributed by atoms with Gasteiger partial charge in [-0.15, -0.1) is 0 Å². The van der Waals surface area contributed by atoms with E-state index in [2.05, 4.69) is 5.10 Å². The molecule has 3 aromatic carbocycles. The Bertz CT molecular complexity index is 1150. The summed E-state index contributed by atoms with van der Waals surface area (Å²) in [6.45, 7) is 0.441. The van der Waals surface area contributed by atoms with E-state index < -0.39 is 0 Å². The molecule has 4 aromatic rings. The van der Waals surface area contributed by atoms with Gasteiger partial charge in [-0.05, 0) is 24.3 Å². The van der Waals surface area contributed by atoms with Crippen LogP contribution in [0.5, 0.6) is 0 Å². The second kappa shape index (κ2) is 8.57. The number of ketones is 1. The first-order chi connectivity index (χ1) is 14.6. The second-order valence-corrected chi connectivity index (χ2v) is 7.06. The molecule has 148 valence electrons. The Morgan fingerprint density at radius 3 is 2.03 bits per heavy atom. The van der Waals surface area contributed by atoms with E-state index in [9.17, 15) is 9.59 Å². The third-order valence-electron chi connectivity index (χ3n) is 4.85. The predicted octanol–water partition coefficient (Wildman–Crippen LogP) is 4.38. The Morgan fingerprint density at radius 2 is 1.37 bits per heavy atom. The van der Waals surface area contributed by atoms with Gasteiger partial charge in [0.2, 0.25) is 0 Å². The Morgan fingerprint density at radius 1 is 0.800 bits per heavy atom. The Balaban J connectivity index is 1.43. The summed E-state index contributed by atoms with van der Waals surface area (Å²) in [4.78, 5) is 26.9. The number of aromatic nitrogens is 2. The van der Waals surface area contributed by atoms with Crippen LogP contribution in [0.4, 0.5) is 0 Å². The van der Waals surface area contributed by atoms with E-state index in [4.69, 9.17) is 0 Å². The molecule has 1 heterocycles. The maximum atomic E-state index is 12.8. The standard InChI is InChI=1S/C25H21N3O2/c1-27(17-19-16-26-28(18-19)23-10-6-3-7-11-23)25(30)22-14-12-21(13-15-22)24(29)20-8-4-2-5-9-20/h2-16,18H,17H2,1H3. The lowest BCUT2D eigenvalue weighted by Crippen LogP contribution is -2.26. The van der Waals surface area contributed by atoms with Crippen LogP contribution in [0.1, 0.15) is 31.8 Å². The zero-order chi connectivity index (χ0) is 20.9. The molecule has 0 radical (unpaired) electrons. The molecule has 0 bridgehead atoms. The van der Waals surface area contributed by atoms with Crippen LogP contribution in [0.25, 0.3) is 5.69 Å². The van der Waals surface area contributed by atoms with Crippen molar-refractivity contribution in [2.24, 2.45) is 0 Å². The van der Waals surface area contributed by atoms with Gasteiger partial charge in [0.05, 0.1) is 11.9 Å². The van der Waals surface area contributed by atoms with Crippen LogP contribution in [-0.2, 0) is 6.54 Å². The van der Waals surface area contributed by atoms with Crippen molar-refractivity contribution in [1.29, 1.82) is 0 Å². The average Bonchev–Trinajstić information content (AvgIpc) is 3.28. The molecule has 0 spiro atoms. The topological polar surface area (TPSA) is 55.2 Å². The first-order valence-corrected chi connectivity index (χ1v) is 9.66. The summed E-state index contributed by atoms with van der Waals surface area (Å²) in [7, 11) is 1.76. The minimum absolute atomic E-state index is 0.0590. The summed E-state index contributed by atoms with van der Waals surface area (Å²) < 4.78 is 1.79. The fourth-order valence-corrected chi connectivity index (χ4v) is 3.25. The molecule has 5 heteroatoms. The van der Waals surface area contributed by atoms with E-state index in [-0.39, 0.29) is 11.7 Å². The average molecular weight is 395 g/mol. The van der Waals surface area contributed by atoms with Crippen LogP contribution in [0.2, 0.25) is 0 Å². The Kier molecular flexibility index (Phi) is 5.52. The van der Waals surface area contributed by atoms with Gasteiger partial charge in [0.1, 0.15) is 0 Å². The van der Waals surface area contributed by atoms with Crippen LogP contribution in [0.15, 0.2) is 97.3 Å². The highest BCUT2D eigenvalue weighted by Crippen LogP contribution is 2.14. The first-order valence-electron chi connectivity index (χ1n) is 9.66. The molecule has 0 fully saturated rings. The molecular formula is C25H21N3O2. The van der Waals surface area contributed by atoms with Crippen molar-refractivity contribution in [1.82, 2.24) is 14.7 Å². The fraction of sp³-hybridized carbons (Fsp3) is 0.0800. The molecule has 30 heavy (non-hydrogen) atoms. The van der Waals surface area contributed by atoms with Gasteiger partial charge in [0.15, 0.2) is 5.78 Å². The van der Waals surface area contributed by atoms with Crippen molar-refractivity contribution in [3.05, 3.63) is 120 Å². The van der Waals surface area contributed by atoms with E-state index in [0.29, 0.717) is 23.2 Å². The van der Waals surface area contributed by atoms with Crippen molar-refractivity contribution in [2.75, 3.05) is 7.05 Å². The monoisotopic (exact) mass is 395 g/mol. The number of hydrogen-bond donors (Lipinski definition) is 0. The van der Waals surface area contributed by atoms with Crippen LogP contribution in [0.3, 0.4) is 0 Å². The summed E-state index contributed by atoms with van der Waals surface area (Å²) in [5.74, 6) is -0.169. The van der Waals surface area contributed by atoms with Gasteiger partial charge < -0.3 is 4.90 Å². The lowest BCUT2D eigenvalue weighted by molar-refractivity contribution is 0.0784. The third-order valence-corrected chi connectivity index (χ3v) is 4.85. The van der Waals surface area contributed by atoms with Crippen molar-refractivity contribution >= 4 is 11.7 Å². The van der Waals surface area contributed by atoms with E-state index in [1.54, 1.807) is 59.2 Å². The van der Waals surface area contributed by atoms with Crippen LogP contribution < -0.4 is 0 Å². The zero-order valence-electron chi connectivity index (χ0n) is 16.6. The quantitative estimate of drug-likeness (QED) is 0.456. The smallest absolute Gasteiger partial charge is 0.253 e. The van der Waals surface area contributed by atoms with E-state index in [1.807, 2.05) is 54.7 Å². The van der Waals surface area contributed by atoms with Gasteiger partial charge in [-0.25, -0.2) is 4.68 Å². The Labute approximate surface area is 175 Å².